The molecule has 6 nitrogen and oxygen atoms in total. The summed E-state index contributed by atoms with van der Waals surface area (Å²) in [5.74, 6) is -0.842. The van der Waals surface area contributed by atoms with Crippen LogP contribution in [0, 0.1) is 0 Å². The van der Waals surface area contributed by atoms with Crippen LogP contribution in [0.3, 0.4) is 0 Å². The Morgan fingerprint density at radius 3 is 2.56 bits per heavy atom. The average molecular weight is 499 g/mol. The van der Waals surface area contributed by atoms with Crippen molar-refractivity contribution in [3.8, 4) is 0 Å². The molecule has 0 saturated carbocycles. The summed E-state index contributed by atoms with van der Waals surface area (Å²) in [6.07, 6.45) is 3.28. The number of imide groups is 1. The summed E-state index contributed by atoms with van der Waals surface area (Å²) in [4.78, 5) is 39.5. The summed E-state index contributed by atoms with van der Waals surface area (Å²) in [7, 11) is 0. The molecule has 4 rings (SSSR count). The minimum absolute atomic E-state index is 0.211. The normalized spacial score (nSPS) is 17.4. The number of ether oxygens (including phenoxy) is 1. The van der Waals surface area contributed by atoms with Gasteiger partial charge in [0.15, 0.2) is 0 Å². The van der Waals surface area contributed by atoms with Gasteiger partial charge in [0.05, 0.1) is 11.1 Å². The molecule has 0 spiro atoms. The van der Waals surface area contributed by atoms with Crippen LogP contribution in [-0.4, -0.2) is 48.9 Å². The number of hydrogen-bond donors (Lipinski definition) is 1. The molecule has 0 unspecified atom stereocenters. The minimum atomic E-state index is -0.317. The van der Waals surface area contributed by atoms with Crippen molar-refractivity contribution in [2.75, 3.05) is 26.3 Å². The van der Waals surface area contributed by atoms with E-state index in [1.807, 2.05) is 19.1 Å². The second-order valence-corrected chi connectivity index (χ2v) is 9.38. The Labute approximate surface area is 196 Å². The first-order valence-corrected chi connectivity index (χ1v) is 11.9. The Morgan fingerprint density at radius 2 is 1.84 bits per heavy atom. The Bertz CT molecular complexity index is 1050. The van der Waals surface area contributed by atoms with Crippen LogP contribution in [0.25, 0.3) is 0 Å². The maximum absolute atomic E-state index is 13.0. The van der Waals surface area contributed by atoms with Crippen molar-refractivity contribution in [1.29, 1.82) is 0 Å². The Balaban J connectivity index is 1.52. The van der Waals surface area contributed by atoms with E-state index in [-0.39, 0.29) is 23.1 Å². The molecular weight excluding hydrogens is 472 g/mol. The molecule has 2 aromatic carbocycles. The quantitative estimate of drug-likeness (QED) is 0.576. The van der Waals surface area contributed by atoms with Gasteiger partial charge < -0.3 is 10.1 Å². The van der Waals surface area contributed by atoms with Crippen LogP contribution in [0.1, 0.15) is 69.2 Å². The average Bonchev–Trinajstić information content (AvgIpc) is 3.05. The first-order valence-electron chi connectivity index (χ1n) is 11.1. The standard InChI is InChI=1S/C25H27BrN2O4/c1-2-3-11-28-23(30)20-8-7-17(14-21(20)24(28)31)22(29)27-16-25(9-12-32-13-10-25)18-5-4-6-19(26)15-18/h4-8,14-15H,2-3,9-13,16H2,1H3,(H,27,29). The van der Waals surface area contributed by atoms with Crippen molar-refractivity contribution in [3.63, 3.8) is 0 Å². The lowest BCUT2D eigenvalue weighted by molar-refractivity contribution is 0.0487. The number of amides is 3. The molecule has 168 valence electrons. The third kappa shape index (κ3) is 4.36. The van der Waals surface area contributed by atoms with Crippen LogP contribution in [0.15, 0.2) is 46.9 Å². The number of rotatable bonds is 7. The number of carbonyl (C=O) groups is 3. The number of hydrogen-bond acceptors (Lipinski definition) is 4. The summed E-state index contributed by atoms with van der Waals surface area (Å²) >= 11 is 3.55. The maximum Gasteiger partial charge on any atom is 0.261 e. The second-order valence-electron chi connectivity index (χ2n) is 8.46. The highest BCUT2D eigenvalue weighted by Gasteiger charge is 2.37. The van der Waals surface area contributed by atoms with Crippen LogP contribution < -0.4 is 5.32 Å². The molecule has 1 fully saturated rings. The molecule has 2 aromatic rings. The Morgan fingerprint density at radius 1 is 1.09 bits per heavy atom. The highest BCUT2D eigenvalue weighted by Crippen LogP contribution is 2.35. The van der Waals surface area contributed by atoms with Crippen molar-refractivity contribution in [3.05, 3.63) is 69.2 Å². The number of nitrogens with zero attached hydrogens (tertiary/aromatic N) is 1. The van der Waals surface area contributed by atoms with Crippen LogP contribution in [0.5, 0.6) is 0 Å². The van der Waals surface area contributed by atoms with Gasteiger partial charge in [0.2, 0.25) is 0 Å². The van der Waals surface area contributed by atoms with E-state index < -0.39 is 0 Å². The molecule has 0 aliphatic carbocycles. The van der Waals surface area contributed by atoms with Gasteiger partial charge in [-0.25, -0.2) is 0 Å². The molecule has 1 saturated heterocycles. The van der Waals surface area contributed by atoms with Crippen LogP contribution in [-0.2, 0) is 10.2 Å². The monoisotopic (exact) mass is 498 g/mol. The highest BCUT2D eigenvalue weighted by molar-refractivity contribution is 9.10. The third-order valence-electron chi connectivity index (χ3n) is 6.44. The molecule has 0 aromatic heterocycles. The lowest BCUT2D eigenvalue weighted by Gasteiger charge is -2.38. The predicted octanol–water partition coefficient (Wildman–Crippen LogP) is 4.32. The van der Waals surface area contributed by atoms with Crippen LogP contribution in [0.2, 0.25) is 0 Å². The van der Waals surface area contributed by atoms with Gasteiger partial charge in [-0.1, -0.05) is 41.4 Å². The van der Waals surface area contributed by atoms with Crippen molar-refractivity contribution in [2.24, 2.45) is 0 Å². The fourth-order valence-corrected chi connectivity index (χ4v) is 4.85. The number of fused-ring (bicyclic) bond motifs is 1. The molecule has 7 heteroatoms. The zero-order valence-electron chi connectivity index (χ0n) is 18.2. The van der Waals surface area contributed by atoms with Gasteiger partial charge in [-0.2, -0.15) is 0 Å². The van der Waals surface area contributed by atoms with Gasteiger partial charge in [-0.05, 0) is 55.2 Å². The number of halogens is 1. The molecule has 1 N–H and O–H groups in total. The molecule has 3 amide bonds. The van der Waals surface area contributed by atoms with Crippen molar-refractivity contribution >= 4 is 33.7 Å². The summed E-state index contributed by atoms with van der Waals surface area (Å²) < 4.78 is 6.58. The van der Waals surface area contributed by atoms with E-state index in [1.165, 1.54) is 4.90 Å². The van der Waals surface area contributed by atoms with E-state index in [0.29, 0.717) is 43.0 Å². The fourth-order valence-electron chi connectivity index (χ4n) is 4.45. The van der Waals surface area contributed by atoms with Crippen molar-refractivity contribution in [2.45, 2.75) is 38.0 Å². The van der Waals surface area contributed by atoms with Crippen LogP contribution >= 0.6 is 15.9 Å². The van der Waals surface area contributed by atoms with E-state index >= 15 is 0 Å². The largest absolute Gasteiger partial charge is 0.381 e. The lowest BCUT2D eigenvalue weighted by Crippen LogP contribution is -2.44. The van der Waals surface area contributed by atoms with E-state index in [0.717, 1.165) is 35.7 Å². The van der Waals surface area contributed by atoms with Gasteiger partial charge in [-0.15, -0.1) is 0 Å². The first-order chi connectivity index (χ1) is 15.4. The van der Waals surface area contributed by atoms with Gasteiger partial charge in [0.1, 0.15) is 0 Å². The fraction of sp³-hybridized carbons (Fsp3) is 0.400. The molecule has 2 heterocycles. The molecule has 2 aliphatic heterocycles. The summed E-state index contributed by atoms with van der Waals surface area (Å²) in [5, 5.41) is 3.07. The van der Waals surface area contributed by atoms with Gasteiger partial charge in [-0.3, -0.25) is 19.3 Å². The zero-order chi connectivity index (χ0) is 22.7. The molecule has 0 atom stereocenters. The molecule has 2 aliphatic rings. The van der Waals surface area contributed by atoms with E-state index in [9.17, 15) is 14.4 Å². The summed E-state index contributed by atoms with van der Waals surface area (Å²) in [6, 6.07) is 12.9. The highest BCUT2D eigenvalue weighted by atomic mass is 79.9. The number of carbonyl (C=O) groups excluding carboxylic acids is 3. The summed E-state index contributed by atoms with van der Waals surface area (Å²) in [5.41, 5.74) is 2.02. The third-order valence-corrected chi connectivity index (χ3v) is 6.94. The van der Waals surface area contributed by atoms with E-state index in [4.69, 9.17) is 4.74 Å². The zero-order valence-corrected chi connectivity index (χ0v) is 19.7. The first kappa shape index (κ1) is 22.7. The topological polar surface area (TPSA) is 75.7 Å². The SMILES string of the molecule is CCCCN1C(=O)c2ccc(C(=O)NCC3(c4cccc(Br)c4)CCOCC3)cc2C1=O. The van der Waals surface area contributed by atoms with E-state index in [2.05, 4.69) is 33.4 Å². The number of nitrogens with one attached hydrogen (secondary N) is 1. The Hall–Kier alpha value is -2.51. The molecule has 32 heavy (non-hydrogen) atoms. The minimum Gasteiger partial charge on any atom is -0.381 e. The number of benzene rings is 2. The van der Waals surface area contributed by atoms with Gasteiger partial charge >= 0.3 is 0 Å². The lowest BCUT2D eigenvalue weighted by atomic mass is 9.74. The van der Waals surface area contributed by atoms with Crippen LogP contribution in [0.4, 0.5) is 0 Å². The predicted molar refractivity (Wildman–Crippen MR) is 125 cm³/mol. The van der Waals surface area contributed by atoms with Gasteiger partial charge in [0, 0.05) is 41.8 Å². The van der Waals surface area contributed by atoms with Crippen molar-refractivity contribution < 1.29 is 19.1 Å². The molecule has 0 radical (unpaired) electrons. The molecule has 0 bridgehead atoms. The van der Waals surface area contributed by atoms with Gasteiger partial charge in [0.25, 0.3) is 17.7 Å². The smallest absolute Gasteiger partial charge is 0.261 e. The van der Waals surface area contributed by atoms with E-state index in [1.54, 1.807) is 18.2 Å². The number of unbranched alkanes of at least 4 members (excludes halogenated alkanes) is 1. The second kappa shape index (κ2) is 9.55. The Kier molecular flexibility index (Phi) is 6.76. The van der Waals surface area contributed by atoms with Crippen molar-refractivity contribution in [1.82, 2.24) is 10.2 Å². The molecular formula is C25H27BrN2O4. The summed E-state index contributed by atoms with van der Waals surface area (Å²) in [6.45, 7) is 4.18. The maximum atomic E-state index is 13.0.